The predicted molar refractivity (Wildman–Crippen MR) is 92.8 cm³/mol. The summed E-state index contributed by atoms with van der Waals surface area (Å²) in [4.78, 5) is 12.3. The lowest BCUT2D eigenvalue weighted by molar-refractivity contribution is -0.122. The smallest absolute Gasteiger partial charge is 0.227 e. The predicted octanol–water partition coefficient (Wildman–Crippen LogP) is 2.13. The number of para-hydroxylation sites is 1. The third kappa shape index (κ3) is 3.58. The fraction of sp³-hybridized carbons (Fsp3) is 0.368. The van der Waals surface area contributed by atoms with Gasteiger partial charge >= 0.3 is 0 Å². The first-order chi connectivity index (χ1) is 12.2. The summed E-state index contributed by atoms with van der Waals surface area (Å²) in [6.45, 7) is 0.764. The monoisotopic (exact) mass is 339 g/mol. The number of carbonyl (C=O) groups is 1. The number of hydrogen-bond donors (Lipinski definition) is 2. The van der Waals surface area contributed by atoms with Crippen LogP contribution in [0.2, 0.25) is 0 Å². The zero-order valence-corrected chi connectivity index (χ0v) is 13.8. The summed E-state index contributed by atoms with van der Waals surface area (Å²) in [6, 6.07) is 11.3. The maximum atomic E-state index is 12.3. The van der Waals surface area contributed by atoms with Gasteiger partial charge in [-0.1, -0.05) is 18.2 Å². The second kappa shape index (κ2) is 6.72. The number of nitrogens with zero attached hydrogens (tertiary/aromatic N) is 2. The molecule has 1 saturated carbocycles. The van der Waals surface area contributed by atoms with Gasteiger partial charge in [0, 0.05) is 24.3 Å². The van der Waals surface area contributed by atoms with Gasteiger partial charge in [0.05, 0.1) is 18.6 Å². The molecule has 2 heterocycles. The number of hydrogen-bond acceptors (Lipinski definition) is 4. The Balaban J connectivity index is 1.34. The highest BCUT2D eigenvalue weighted by atomic mass is 16.3. The molecule has 1 aliphatic carbocycles. The first-order valence-corrected chi connectivity index (χ1v) is 8.59. The molecule has 3 aromatic rings. The van der Waals surface area contributed by atoms with Crippen molar-refractivity contribution in [1.29, 1.82) is 0 Å². The molecule has 6 nitrogen and oxygen atoms in total. The first kappa shape index (κ1) is 15.9. The Hall–Kier alpha value is -2.60. The average Bonchev–Trinajstić information content (AvgIpc) is 3.28. The average molecular weight is 339 g/mol. The summed E-state index contributed by atoms with van der Waals surface area (Å²) in [5.74, 6) is 0.827. The second-order valence-electron chi connectivity index (χ2n) is 6.73. The van der Waals surface area contributed by atoms with E-state index in [0.717, 1.165) is 23.9 Å². The molecule has 0 radical (unpaired) electrons. The van der Waals surface area contributed by atoms with Gasteiger partial charge in [0.2, 0.25) is 5.91 Å². The minimum atomic E-state index is -0.514. The van der Waals surface area contributed by atoms with Crippen molar-refractivity contribution in [2.24, 2.45) is 5.92 Å². The van der Waals surface area contributed by atoms with Crippen LogP contribution >= 0.6 is 0 Å². The molecule has 4 rings (SSSR count). The van der Waals surface area contributed by atoms with Crippen LogP contribution in [0.3, 0.4) is 0 Å². The summed E-state index contributed by atoms with van der Waals surface area (Å²) in [5.41, 5.74) is 0.783. The number of furan rings is 1. The number of aliphatic hydroxyl groups excluding tert-OH is 1. The quantitative estimate of drug-likeness (QED) is 0.746. The molecule has 3 atom stereocenters. The van der Waals surface area contributed by atoms with Gasteiger partial charge in [-0.3, -0.25) is 9.48 Å². The van der Waals surface area contributed by atoms with Crippen LogP contribution in [0.25, 0.3) is 11.0 Å². The lowest BCUT2D eigenvalue weighted by Gasteiger charge is -2.16. The summed E-state index contributed by atoms with van der Waals surface area (Å²) < 4.78 is 7.56. The van der Waals surface area contributed by atoms with Crippen LogP contribution < -0.4 is 5.32 Å². The van der Waals surface area contributed by atoms with E-state index in [1.54, 1.807) is 6.20 Å². The molecule has 1 aliphatic rings. The highest BCUT2D eigenvalue weighted by Crippen LogP contribution is 2.27. The van der Waals surface area contributed by atoms with Gasteiger partial charge in [-0.25, -0.2) is 0 Å². The Morgan fingerprint density at radius 1 is 1.32 bits per heavy atom. The van der Waals surface area contributed by atoms with E-state index >= 15 is 0 Å². The Morgan fingerprint density at radius 3 is 3.00 bits per heavy atom. The highest BCUT2D eigenvalue weighted by Gasteiger charge is 2.34. The van der Waals surface area contributed by atoms with Crippen molar-refractivity contribution >= 4 is 16.9 Å². The number of fused-ring (bicyclic) bond motifs is 1. The Bertz CT molecular complexity index is 823. The fourth-order valence-electron chi connectivity index (χ4n) is 3.64. The lowest BCUT2D eigenvalue weighted by atomic mass is 10.1. The first-order valence-electron chi connectivity index (χ1n) is 8.59. The number of aromatic nitrogens is 2. The van der Waals surface area contributed by atoms with Crippen molar-refractivity contribution in [2.75, 3.05) is 0 Å². The van der Waals surface area contributed by atoms with Crippen molar-refractivity contribution in [1.82, 2.24) is 15.1 Å². The fourth-order valence-corrected chi connectivity index (χ4v) is 3.64. The van der Waals surface area contributed by atoms with Gasteiger partial charge in [0.15, 0.2) is 0 Å². The maximum Gasteiger partial charge on any atom is 0.227 e. The summed E-state index contributed by atoms with van der Waals surface area (Å²) in [5, 5.41) is 18.4. The SMILES string of the molecule is O=C(Cc1cc2ccccc2o1)N[C@@H]1CC(Cn2cccn2)C[C@H]1O. The van der Waals surface area contributed by atoms with E-state index in [0.29, 0.717) is 18.1 Å². The van der Waals surface area contributed by atoms with Crippen LogP contribution in [0.1, 0.15) is 18.6 Å². The molecule has 130 valence electrons. The van der Waals surface area contributed by atoms with Crippen LogP contribution in [0, 0.1) is 5.92 Å². The molecule has 1 fully saturated rings. The number of nitrogens with one attached hydrogen (secondary N) is 1. The molecule has 6 heteroatoms. The van der Waals surface area contributed by atoms with E-state index in [9.17, 15) is 9.90 Å². The molecule has 1 aromatic carbocycles. The summed E-state index contributed by atoms with van der Waals surface area (Å²) >= 11 is 0. The number of rotatable bonds is 5. The minimum absolute atomic E-state index is 0.122. The number of carbonyl (C=O) groups excluding carboxylic acids is 1. The topological polar surface area (TPSA) is 80.3 Å². The van der Waals surface area contributed by atoms with Crippen LogP contribution in [-0.4, -0.2) is 32.9 Å². The molecular weight excluding hydrogens is 318 g/mol. The van der Waals surface area contributed by atoms with Crippen molar-refractivity contribution in [3.05, 3.63) is 54.6 Å². The molecule has 2 aromatic heterocycles. The van der Waals surface area contributed by atoms with E-state index < -0.39 is 6.10 Å². The number of amides is 1. The van der Waals surface area contributed by atoms with Crippen molar-refractivity contribution in [3.63, 3.8) is 0 Å². The zero-order valence-electron chi connectivity index (χ0n) is 13.8. The van der Waals surface area contributed by atoms with E-state index in [4.69, 9.17) is 4.42 Å². The Labute approximate surface area is 145 Å². The van der Waals surface area contributed by atoms with Gasteiger partial charge in [0.25, 0.3) is 0 Å². The summed E-state index contributed by atoms with van der Waals surface area (Å²) in [6.07, 6.45) is 4.77. The van der Waals surface area contributed by atoms with Gasteiger partial charge in [-0.15, -0.1) is 0 Å². The van der Waals surface area contributed by atoms with Crippen LogP contribution in [-0.2, 0) is 17.8 Å². The van der Waals surface area contributed by atoms with E-state index in [1.165, 1.54) is 0 Å². The Morgan fingerprint density at radius 2 is 2.20 bits per heavy atom. The molecule has 1 amide bonds. The molecule has 0 saturated heterocycles. The van der Waals surface area contributed by atoms with Gasteiger partial charge in [0.1, 0.15) is 11.3 Å². The third-order valence-corrected chi connectivity index (χ3v) is 4.79. The van der Waals surface area contributed by atoms with Crippen molar-refractivity contribution in [3.8, 4) is 0 Å². The molecule has 0 bridgehead atoms. The van der Waals surface area contributed by atoms with Crippen molar-refractivity contribution < 1.29 is 14.3 Å². The standard InChI is InChI=1S/C19H21N3O3/c23-17-9-13(12-22-7-3-6-20-22)8-16(17)21-19(24)11-15-10-14-4-1-2-5-18(14)25-15/h1-7,10,13,16-17,23H,8-9,11-12H2,(H,21,24)/t13?,16-,17-/m1/s1. The van der Waals surface area contributed by atoms with Gasteiger partial charge in [-0.05, 0) is 37.0 Å². The molecular formula is C19H21N3O3. The van der Waals surface area contributed by atoms with Crippen LogP contribution in [0.15, 0.2) is 53.2 Å². The molecule has 0 spiro atoms. The van der Waals surface area contributed by atoms with Gasteiger partial charge in [-0.2, -0.15) is 5.10 Å². The van der Waals surface area contributed by atoms with E-state index in [2.05, 4.69) is 10.4 Å². The largest absolute Gasteiger partial charge is 0.461 e. The van der Waals surface area contributed by atoms with Crippen LogP contribution in [0.5, 0.6) is 0 Å². The summed E-state index contributed by atoms with van der Waals surface area (Å²) in [7, 11) is 0. The molecule has 25 heavy (non-hydrogen) atoms. The Kier molecular flexibility index (Phi) is 4.28. The minimum Gasteiger partial charge on any atom is -0.461 e. The maximum absolute atomic E-state index is 12.3. The van der Waals surface area contributed by atoms with Gasteiger partial charge < -0.3 is 14.8 Å². The second-order valence-corrected chi connectivity index (χ2v) is 6.73. The number of benzene rings is 1. The normalized spacial score (nSPS) is 23.2. The van der Waals surface area contributed by atoms with Crippen LogP contribution in [0.4, 0.5) is 0 Å². The number of aliphatic hydroxyl groups is 1. The van der Waals surface area contributed by atoms with E-state index in [1.807, 2.05) is 47.3 Å². The third-order valence-electron chi connectivity index (χ3n) is 4.79. The van der Waals surface area contributed by atoms with Crippen molar-refractivity contribution in [2.45, 2.75) is 38.0 Å². The highest BCUT2D eigenvalue weighted by molar-refractivity contribution is 5.82. The molecule has 2 N–H and O–H groups in total. The lowest BCUT2D eigenvalue weighted by Crippen LogP contribution is -2.40. The van der Waals surface area contributed by atoms with E-state index in [-0.39, 0.29) is 18.4 Å². The molecule has 1 unspecified atom stereocenters. The zero-order chi connectivity index (χ0) is 17.2. The molecule has 0 aliphatic heterocycles.